The molecule has 0 atom stereocenters. The highest BCUT2D eigenvalue weighted by Crippen LogP contribution is 2.33. The smallest absolute Gasteiger partial charge is 0.379 e. The topological polar surface area (TPSA) is 29.9 Å². The molecule has 0 unspecified atom stereocenters. The predicted molar refractivity (Wildman–Crippen MR) is 71.7 cm³/mol. The zero-order chi connectivity index (χ0) is 14.8. The first kappa shape index (κ1) is 14.7. The van der Waals surface area contributed by atoms with E-state index in [-0.39, 0.29) is 5.02 Å². The summed E-state index contributed by atoms with van der Waals surface area (Å²) in [5, 5.41) is 7.07. The van der Waals surface area contributed by atoms with Gasteiger partial charge in [-0.05, 0) is 31.2 Å². The molecule has 1 aromatic carbocycles. The molecule has 0 saturated carbocycles. The van der Waals surface area contributed by atoms with Gasteiger partial charge in [0.25, 0.3) is 0 Å². The van der Waals surface area contributed by atoms with Crippen LogP contribution < -0.4 is 5.32 Å². The van der Waals surface area contributed by atoms with Gasteiger partial charge in [-0.15, -0.1) is 0 Å². The maximum Gasteiger partial charge on any atom is 0.416 e. The van der Waals surface area contributed by atoms with Crippen molar-refractivity contribution in [3.63, 3.8) is 0 Å². The van der Waals surface area contributed by atoms with Gasteiger partial charge in [0.05, 0.1) is 17.8 Å². The molecule has 7 heteroatoms. The molecular weight excluding hydrogens is 291 g/mol. The number of hydrogen-bond acceptors (Lipinski definition) is 2. The van der Waals surface area contributed by atoms with E-state index in [0.717, 1.165) is 17.8 Å². The number of hydrogen-bond donors (Lipinski definition) is 1. The van der Waals surface area contributed by atoms with E-state index in [1.165, 1.54) is 6.07 Å². The minimum atomic E-state index is -4.41. The SMILES string of the molecule is CCn1nccc1CNc1cc(Cl)cc(C(F)(F)F)c1. The van der Waals surface area contributed by atoms with Crippen LogP contribution in [0.25, 0.3) is 0 Å². The molecule has 20 heavy (non-hydrogen) atoms. The fraction of sp³-hybridized carbons (Fsp3) is 0.308. The molecule has 1 heterocycles. The summed E-state index contributed by atoms with van der Waals surface area (Å²) in [6.45, 7) is 3.02. The Balaban J connectivity index is 2.16. The highest BCUT2D eigenvalue weighted by Gasteiger charge is 2.31. The Morgan fingerprint density at radius 3 is 2.70 bits per heavy atom. The second kappa shape index (κ2) is 5.75. The highest BCUT2D eigenvalue weighted by molar-refractivity contribution is 6.30. The van der Waals surface area contributed by atoms with Crippen LogP contribution in [0.15, 0.2) is 30.5 Å². The number of nitrogens with one attached hydrogen (secondary N) is 1. The van der Waals surface area contributed by atoms with Crippen molar-refractivity contribution in [3.8, 4) is 0 Å². The summed E-state index contributed by atoms with van der Waals surface area (Å²) in [5.41, 5.74) is 0.450. The molecule has 1 aromatic heterocycles. The first-order valence-electron chi connectivity index (χ1n) is 6.02. The number of alkyl halides is 3. The molecule has 0 aliphatic heterocycles. The molecule has 1 N–H and O–H groups in total. The number of rotatable bonds is 4. The van der Waals surface area contributed by atoms with Crippen LogP contribution in [0.5, 0.6) is 0 Å². The number of aromatic nitrogens is 2. The van der Waals surface area contributed by atoms with E-state index in [1.807, 2.05) is 13.0 Å². The fourth-order valence-electron chi connectivity index (χ4n) is 1.84. The minimum absolute atomic E-state index is 0.0475. The molecule has 3 nitrogen and oxygen atoms in total. The predicted octanol–water partition coefficient (Wildman–Crippen LogP) is 4.19. The lowest BCUT2D eigenvalue weighted by molar-refractivity contribution is -0.137. The van der Waals surface area contributed by atoms with Gasteiger partial charge in [0.1, 0.15) is 0 Å². The van der Waals surface area contributed by atoms with E-state index in [2.05, 4.69) is 10.4 Å². The van der Waals surface area contributed by atoms with Crippen LogP contribution in [0.4, 0.5) is 18.9 Å². The van der Waals surface area contributed by atoms with E-state index in [4.69, 9.17) is 11.6 Å². The molecule has 0 saturated heterocycles. The van der Waals surface area contributed by atoms with Crippen LogP contribution in [0.3, 0.4) is 0 Å². The third-order valence-corrected chi connectivity index (χ3v) is 3.02. The van der Waals surface area contributed by atoms with Crippen molar-refractivity contribution in [2.24, 2.45) is 0 Å². The molecule has 0 bridgehead atoms. The van der Waals surface area contributed by atoms with Crippen molar-refractivity contribution in [2.75, 3.05) is 5.32 Å². The van der Waals surface area contributed by atoms with Gasteiger partial charge in [-0.1, -0.05) is 11.6 Å². The van der Waals surface area contributed by atoms with Crippen molar-refractivity contribution in [1.29, 1.82) is 0 Å². The van der Waals surface area contributed by atoms with Gasteiger partial charge in [0.2, 0.25) is 0 Å². The Kier molecular flexibility index (Phi) is 4.23. The van der Waals surface area contributed by atoms with Gasteiger partial charge in [-0.25, -0.2) is 0 Å². The van der Waals surface area contributed by atoms with E-state index < -0.39 is 11.7 Å². The molecule has 0 radical (unpaired) electrons. The van der Waals surface area contributed by atoms with Gasteiger partial charge in [-0.2, -0.15) is 18.3 Å². The second-order valence-corrected chi connectivity index (χ2v) is 4.65. The normalized spacial score (nSPS) is 11.7. The quantitative estimate of drug-likeness (QED) is 0.918. The van der Waals surface area contributed by atoms with E-state index in [0.29, 0.717) is 18.8 Å². The van der Waals surface area contributed by atoms with Crippen LogP contribution >= 0.6 is 11.6 Å². The number of anilines is 1. The average Bonchev–Trinajstić information content (AvgIpc) is 2.82. The van der Waals surface area contributed by atoms with Crippen LogP contribution in [0.2, 0.25) is 5.02 Å². The summed E-state index contributed by atoms with van der Waals surface area (Å²) >= 11 is 5.72. The molecule has 0 fully saturated rings. The first-order valence-corrected chi connectivity index (χ1v) is 6.40. The van der Waals surface area contributed by atoms with Gasteiger partial charge in [0.15, 0.2) is 0 Å². The second-order valence-electron chi connectivity index (χ2n) is 4.22. The molecular formula is C13H13ClF3N3. The van der Waals surface area contributed by atoms with Crippen molar-refractivity contribution in [2.45, 2.75) is 26.2 Å². The number of aryl methyl sites for hydroxylation is 1. The van der Waals surface area contributed by atoms with Gasteiger partial charge >= 0.3 is 6.18 Å². The Morgan fingerprint density at radius 2 is 2.05 bits per heavy atom. The average molecular weight is 304 g/mol. The lowest BCUT2D eigenvalue weighted by atomic mass is 10.2. The molecule has 2 aromatic rings. The maximum absolute atomic E-state index is 12.7. The summed E-state index contributed by atoms with van der Waals surface area (Å²) in [4.78, 5) is 0. The molecule has 0 amide bonds. The Bertz CT molecular complexity index is 593. The number of benzene rings is 1. The van der Waals surface area contributed by atoms with Crippen molar-refractivity contribution in [3.05, 3.63) is 46.7 Å². The molecule has 0 aliphatic carbocycles. The van der Waals surface area contributed by atoms with Crippen molar-refractivity contribution in [1.82, 2.24) is 9.78 Å². The third kappa shape index (κ3) is 3.45. The molecule has 108 valence electrons. The van der Waals surface area contributed by atoms with Gasteiger partial charge < -0.3 is 5.32 Å². The number of nitrogens with zero attached hydrogens (tertiary/aromatic N) is 2. The Labute approximate surface area is 119 Å². The van der Waals surface area contributed by atoms with Crippen molar-refractivity contribution >= 4 is 17.3 Å². The summed E-state index contributed by atoms with van der Waals surface area (Å²) in [6, 6.07) is 5.22. The fourth-order valence-corrected chi connectivity index (χ4v) is 2.08. The summed E-state index contributed by atoms with van der Waals surface area (Å²) < 4.78 is 39.8. The largest absolute Gasteiger partial charge is 0.416 e. The molecule has 0 spiro atoms. The summed E-state index contributed by atoms with van der Waals surface area (Å²) in [6.07, 6.45) is -2.76. The van der Waals surface area contributed by atoms with Crippen molar-refractivity contribution < 1.29 is 13.2 Å². The standard InChI is InChI=1S/C13H13ClF3N3/c1-2-20-12(3-4-19-20)8-18-11-6-9(13(15,16)17)5-10(14)7-11/h3-7,18H,2,8H2,1H3. The van der Waals surface area contributed by atoms with E-state index in [9.17, 15) is 13.2 Å². The van der Waals surface area contributed by atoms with E-state index >= 15 is 0 Å². The zero-order valence-electron chi connectivity index (χ0n) is 10.7. The van der Waals surface area contributed by atoms with Gasteiger partial charge in [-0.3, -0.25) is 4.68 Å². The zero-order valence-corrected chi connectivity index (χ0v) is 11.5. The highest BCUT2D eigenvalue weighted by atomic mass is 35.5. The van der Waals surface area contributed by atoms with Crippen LogP contribution in [-0.2, 0) is 19.3 Å². The van der Waals surface area contributed by atoms with E-state index in [1.54, 1.807) is 10.9 Å². The van der Waals surface area contributed by atoms with Gasteiger partial charge in [0, 0.05) is 23.5 Å². The maximum atomic E-state index is 12.7. The summed E-state index contributed by atoms with van der Waals surface area (Å²) in [7, 11) is 0. The molecule has 0 aliphatic rings. The Hall–Kier alpha value is -1.69. The van der Waals surface area contributed by atoms with Crippen LogP contribution in [0.1, 0.15) is 18.2 Å². The minimum Gasteiger partial charge on any atom is -0.379 e. The first-order chi connectivity index (χ1) is 9.40. The molecule has 2 rings (SSSR count). The summed E-state index contributed by atoms with van der Waals surface area (Å²) in [5.74, 6) is 0. The lowest BCUT2D eigenvalue weighted by Crippen LogP contribution is -2.09. The van der Waals surface area contributed by atoms with Crippen LogP contribution in [0, 0.1) is 0 Å². The lowest BCUT2D eigenvalue weighted by Gasteiger charge is -2.12. The van der Waals surface area contributed by atoms with Crippen LogP contribution in [-0.4, -0.2) is 9.78 Å². The third-order valence-electron chi connectivity index (χ3n) is 2.80. The number of halogens is 4. The Morgan fingerprint density at radius 1 is 1.30 bits per heavy atom. The monoisotopic (exact) mass is 303 g/mol.